The summed E-state index contributed by atoms with van der Waals surface area (Å²) in [6.45, 7) is 3.21. The monoisotopic (exact) mass is 262 g/mol. The Balaban J connectivity index is 2.35. The normalized spacial score (nSPS) is 10.2. The van der Waals surface area contributed by atoms with Crippen LogP contribution in [0.3, 0.4) is 0 Å². The number of aryl methyl sites for hydroxylation is 1. The lowest BCUT2D eigenvalue weighted by atomic mass is 10.0. The maximum atomic E-state index is 11.9. The first kappa shape index (κ1) is 15.4. The molecule has 0 aromatic heterocycles. The van der Waals surface area contributed by atoms with Crippen LogP contribution in [0.2, 0.25) is 0 Å². The zero-order chi connectivity index (χ0) is 14.1. The molecule has 3 N–H and O–H groups in total. The number of nitrogens with one attached hydrogen (secondary N) is 1. The fourth-order valence-electron chi connectivity index (χ4n) is 1.72. The summed E-state index contributed by atoms with van der Waals surface area (Å²) in [5, 5.41) is 2.74. The molecule has 1 aromatic carbocycles. The van der Waals surface area contributed by atoms with Crippen molar-refractivity contribution in [1.82, 2.24) is 5.32 Å². The minimum absolute atomic E-state index is 0.0108. The van der Waals surface area contributed by atoms with Gasteiger partial charge in [-0.1, -0.05) is 31.2 Å². The third-order valence-corrected chi connectivity index (χ3v) is 2.97. The Kier molecular flexibility index (Phi) is 6.82. The van der Waals surface area contributed by atoms with Crippen LogP contribution in [0.1, 0.15) is 42.1 Å². The molecule has 0 unspecified atom stereocenters. The first-order chi connectivity index (χ1) is 9.17. The molecule has 0 aliphatic heterocycles. The van der Waals surface area contributed by atoms with Gasteiger partial charge in [0.2, 0.25) is 5.91 Å². The Labute approximate surface area is 114 Å². The topological polar surface area (TPSA) is 72.2 Å². The van der Waals surface area contributed by atoms with E-state index in [1.54, 1.807) is 0 Å². The van der Waals surface area contributed by atoms with Gasteiger partial charge in [0.25, 0.3) is 0 Å². The van der Waals surface area contributed by atoms with Gasteiger partial charge in [-0.3, -0.25) is 9.59 Å². The van der Waals surface area contributed by atoms with E-state index in [1.165, 1.54) is 5.56 Å². The lowest BCUT2D eigenvalue weighted by Gasteiger charge is -2.04. The Morgan fingerprint density at radius 2 is 1.84 bits per heavy atom. The van der Waals surface area contributed by atoms with E-state index in [1.807, 2.05) is 24.3 Å². The van der Waals surface area contributed by atoms with Crippen molar-refractivity contribution < 1.29 is 9.59 Å². The van der Waals surface area contributed by atoms with Crippen LogP contribution in [0, 0.1) is 0 Å². The third-order valence-electron chi connectivity index (χ3n) is 2.97. The molecule has 0 aliphatic rings. The van der Waals surface area contributed by atoms with Crippen LogP contribution >= 0.6 is 0 Å². The van der Waals surface area contributed by atoms with E-state index in [4.69, 9.17) is 5.73 Å². The smallest absolute Gasteiger partial charge is 0.220 e. The fourth-order valence-corrected chi connectivity index (χ4v) is 1.72. The number of benzene rings is 1. The van der Waals surface area contributed by atoms with Gasteiger partial charge in [0.15, 0.2) is 5.78 Å². The summed E-state index contributed by atoms with van der Waals surface area (Å²) in [6, 6.07) is 7.56. The molecule has 4 heteroatoms. The van der Waals surface area contributed by atoms with E-state index in [2.05, 4.69) is 12.2 Å². The zero-order valence-electron chi connectivity index (χ0n) is 11.4. The highest BCUT2D eigenvalue weighted by Crippen LogP contribution is 2.08. The second-order valence-corrected chi connectivity index (χ2v) is 4.47. The number of ketones is 1. The molecule has 0 radical (unpaired) electrons. The number of Topliss-reactive ketones (excluding diaryl/α,β-unsaturated/α-hetero) is 1. The summed E-state index contributed by atoms with van der Waals surface area (Å²) in [7, 11) is 0. The van der Waals surface area contributed by atoms with Crippen LogP contribution in [0.25, 0.3) is 0 Å². The second-order valence-electron chi connectivity index (χ2n) is 4.47. The molecule has 0 saturated heterocycles. The quantitative estimate of drug-likeness (QED) is 0.553. The van der Waals surface area contributed by atoms with E-state index in [-0.39, 0.29) is 24.5 Å². The van der Waals surface area contributed by atoms with E-state index in [0.717, 1.165) is 12.8 Å². The lowest BCUT2D eigenvalue weighted by Crippen LogP contribution is -2.26. The maximum absolute atomic E-state index is 11.9. The molecule has 0 spiro atoms. The van der Waals surface area contributed by atoms with Crippen LogP contribution in [0.4, 0.5) is 0 Å². The van der Waals surface area contributed by atoms with Crippen molar-refractivity contribution in [3.8, 4) is 0 Å². The van der Waals surface area contributed by atoms with Gasteiger partial charge in [0.05, 0.1) is 0 Å². The summed E-state index contributed by atoms with van der Waals surface area (Å²) in [5.41, 5.74) is 7.21. The second kappa shape index (κ2) is 8.43. The Morgan fingerprint density at radius 3 is 2.42 bits per heavy atom. The van der Waals surface area contributed by atoms with Crippen LogP contribution in [-0.4, -0.2) is 24.8 Å². The summed E-state index contributed by atoms with van der Waals surface area (Å²) >= 11 is 0. The van der Waals surface area contributed by atoms with Gasteiger partial charge in [0.1, 0.15) is 0 Å². The first-order valence-corrected chi connectivity index (χ1v) is 6.76. The zero-order valence-corrected chi connectivity index (χ0v) is 11.4. The van der Waals surface area contributed by atoms with Crippen molar-refractivity contribution in [2.45, 2.75) is 32.6 Å². The predicted octanol–water partition coefficient (Wildman–Crippen LogP) is 1.68. The van der Waals surface area contributed by atoms with Crippen molar-refractivity contribution >= 4 is 11.7 Å². The largest absolute Gasteiger partial charge is 0.356 e. The Bertz CT molecular complexity index is 413. The van der Waals surface area contributed by atoms with Crippen LogP contribution in [0.15, 0.2) is 24.3 Å². The summed E-state index contributed by atoms with van der Waals surface area (Å²) < 4.78 is 0. The maximum Gasteiger partial charge on any atom is 0.220 e. The summed E-state index contributed by atoms with van der Waals surface area (Å²) in [5.74, 6) is -0.0800. The average molecular weight is 262 g/mol. The molecule has 1 aromatic rings. The fraction of sp³-hybridized carbons (Fsp3) is 0.467. The van der Waals surface area contributed by atoms with Crippen LogP contribution < -0.4 is 11.1 Å². The lowest BCUT2D eigenvalue weighted by molar-refractivity contribution is -0.121. The van der Waals surface area contributed by atoms with Crippen molar-refractivity contribution in [2.24, 2.45) is 5.73 Å². The molecule has 19 heavy (non-hydrogen) atoms. The summed E-state index contributed by atoms with van der Waals surface area (Å²) in [4.78, 5) is 23.3. The average Bonchev–Trinajstić information content (AvgIpc) is 2.45. The van der Waals surface area contributed by atoms with Crippen LogP contribution in [-0.2, 0) is 11.2 Å². The third kappa shape index (κ3) is 5.66. The predicted molar refractivity (Wildman–Crippen MR) is 76.1 cm³/mol. The highest BCUT2D eigenvalue weighted by molar-refractivity contribution is 5.97. The number of carbonyl (C=O) groups excluding carboxylic acids is 2. The van der Waals surface area contributed by atoms with Crippen molar-refractivity contribution in [3.63, 3.8) is 0 Å². The molecule has 0 bridgehead atoms. The van der Waals surface area contributed by atoms with Gasteiger partial charge in [-0.2, -0.15) is 0 Å². The number of nitrogens with two attached hydrogens (primary N) is 1. The standard InChI is InChI=1S/C15H22N2O2/c1-2-12-4-6-13(7-5-12)14(18)8-9-15(19)17-11-3-10-16/h4-7H,2-3,8-11,16H2,1H3,(H,17,19). The molecule has 0 fully saturated rings. The van der Waals surface area contributed by atoms with Gasteiger partial charge in [0, 0.05) is 24.9 Å². The highest BCUT2D eigenvalue weighted by Gasteiger charge is 2.08. The molecule has 0 heterocycles. The van der Waals surface area contributed by atoms with E-state index < -0.39 is 0 Å². The van der Waals surface area contributed by atoms with E-state index in [9.17, 15) is 9.59 Å². The van der Waals surface area contributed by atoms with Crippen molar-refractivity contribution in [3.05, 3.63) is 35.4 Å². The van der Waals surface area contributed by atoms with Gasteiger partial charge >= 0.3 is 0 Å². The minimum Gasteiger partial charge on any atom is -0.356 e. The minimum atomic E-state index is -0.0908. The molecule has 1 rings (SSSR count). The van der Waals surface area contributed by atoms with Gasteiger partial charge in [-0.15, -0.1) is 0 Å². The Hall–Kier alpha value is -1.68. The number of carbonyl (C=O) groups is 2. The highest BCUT2D eigenvalue weighted by atomic mass is 16.2. The van der Waals surface area contributed by atoms with Gasteiger partial charge in [-0.25, -0.2) is 0 Å². The summed E-state index contributed by atoms with van der Waals surface area (Å²) in [6.07, 6.45) is 2.20. The number of rotatable bonds is 8. The van der Waals surface area contributed by atoms with Gasteiger partial charge < -0.3 is 11.1 Å². The molecule has 0 saturated carbocycles. The number of amides is 1. The van der Waals surface area contributed by atoms with Crippen LogP contribution in [0.5, 0.6) is 0 Å². The molecule has 1 amide bonds. The number of hydrogen-bond acceptors (Lipinski definition) is 3. The Morgan fingerprint density at radius 1 is 1.16 bits per heavy atom. The molecular weight excluding hydrogens is 240 g/mol. The van der Waals surface area contributed by atoms with Gasteiger partial charge in [-0.05, 0) is 24.9 Å². The first-order valence-electron chi connectivity index (χ1n) is 6.76. The molecule has 4 nitrogen and oxygen atoms in total. The molecular formula is C15H22N2O2. The molecule has 0 atom stereocenters. The SMILES string of the molecule is CCc1ccc(C(=O)CCC(=O)NCCCN)cc1. The molecule has 104 valence electrons. The van der Waals surface area contributed by atoms with E-state index >= 15 is 0 Å². The van der Waals surface area contributed by atoms with E-state index in [0.29, 0.717) is 18.7 Å². The van der Waals surface area contributed by atoms with Crippen molar-refractivity contribution in [2.75, 3.05) is 13.1 Å². The molecule has 0 aliphatic carbocycles. The van der Waals surface area contributed by atoms with Crippen molar-refractivity contribution in [1.29, 1.82) is 0 Å². The number of hydrogen-bond donors (Lipinski definition) is 2.